The molecule has 0 spiro atoms. The number of benzene rings is 1. The average molecular weight is 452 g/mol. The van der Waals surface area contributed by atoms with Gasteiger partial charge in [0.15, 0.2) is 0 Å². The molecule has 0 aliphatic carbocycles. The minimum absolute atomic E-state index is 0.0526. The molecule has 2 aliphatic rings. The van der Waals surface area contributed by atoms with Crippen LogP contribution in [0.2, 0.25) is 0 Å². The Bertz CT molecular complexity index is 784. The Morgan fingerprint density at radius 1 is 1.06 bits per heavy atom. The fraction of sp³-hybridized carbons (Fsp3) is 0.696. The van der Waals surface area contributed by atoms with E-state index in [1.165, 1.54) is 30.2 Å². The van der Waals surface area contributed by atoms with Gasteiger partial charge in [-0.15, -0.1) is 0 Å². The van der Waals surface area contributed by atoms with Crippen molar-refractivity contribution in [2.24, 2.45) is 5.92 Å². The van der Waals surface area contributed by atoms with Crippen molar-refractivity contribution in [2.75, 3.05) is 52.5 Å². The predicted octanol–water partition coefficient (Wildman–Crippen LogP) is 2.27. The molecule has 1 N–H and O–H groups in total. The molecule has 31 heavy (non-hydrogen) atoms. The minimum Gasteiger partial charge on any atom is -0.379 e. The van der Waals surface area contributed by atoms with Gasteiger partial charge in [0.05, 0.1) is 18.1 Å². The summed E-state index contributed by atoms with van der Waals surface area (Å²) in [5, 5.41) is 3.00. The number of nitrogens with zero attached hydrogens (tertiary/aromatic N) is 2. The van der Waals surface area contributed by atoms with Crippen molar-refractivity contribution in [3.05, 3.63) is 29.8 Å². The molecule has 0 saturated carbocycles. The van der Waals surface area contributed by atoms with E-state index in [1.807, 2.05) is 0 Å². The first kappa shape index (κ1) is 24.2. The van der Waals surface area contributed by atoms with Crippen LogP contribution in [0.4, 0.5) is 0 Å². The number of ether oxygens (including phenoxy) is 1. The van der Waals surface area contributed by atoms with Crippen molar-refractivity contribution >= 4 is 15.9 Å². The van der Waals surface area contributed by atoms with Gasteiger partial charge in [0.25, 0.3) is 0 Å². The number of hydrogen-bond donors (Lipinski definition) is 1. The van der Waals surface area contributed by atoms with Gasteiger partial charge in [0, 0.05) is 26.1 Å². The molecule has 2 saturated heterocycles. The van der Waals surface area contributed by atoms with Crippen LogP contribution in [0.1, 0.15) is 44.6 Å². The van der Waals surface area contributed by atoms with Gasteiger partial charge in [-0.3, -0.25) is 4.79 Å². The summed E-state index contributed by atoms with van der Waals surface area (Å²) < 4.78 is 32.0. The van der Waals surface area contributed by atoms with E-state index < -0.39 is 10.0 Å². The molecule has 1 amide bonds. The van der Waals surface area contributed by atoms with Crippen LogP contribution in [-0.2, 0) is 26.0 Å². The molecule has 7 nitrogen and oxygen atoms in total. The molecule has 8 heteroatoms. The van der Waals surface area contributed by atoms with Gasteiger partial charge >= 0.3 is 0 Å². The smallest absolute Gasteiger partial charge is 0.243 e. The lowest BCUT2D eigenvalue weighted by Crippen LogP contribution is -2.40. The Morgan fingerprint density at radius 3 is 2.42 bits per heavy atom. The Labute approximate surface area is 187 Å². The standard InChI is InChI=1S/C23H37N3O4S/c1-20-10-14-25(15-11-20)13-3-2-12-24-23(27)9-6-21-4-7-22(8-5-21)31(28,29)26-16-18-30-19-17-26/h4-5,7-8,20H,2-3,6,9-19H2,1H3,(H,24,27). The lowest BCUT2D eigenvalue weighted by molar-refractivity contribution is -0.121. The van der Waals surface area contributed by atoms with Gasteiger partial charge in [-0.25, -0.2) is 8.42 Å². The van der Waals surface area contributed by atoms with E-state index >= 15 is 0 Å². The highest BCUT2D eigenvalue weighted by Gasteiger charge is 2.26. The molecule has 3 rings (SSSR count). The van der Waals surface area contributed by atoms with Crippen LogP contribution in [0.5, 0.6) is 0 Å². The molecular weight excluding hydrogens is 414 g/mol. The number of carbonyl (C=O) groups is 1. The summed E-state index contributed by atoms with van der Waals surface area (Å²) in [6.45, 7) is 8.24. The van der Waals surface area contributed by atoms with E-state index in [0.29, 0.717) is 44.0 Å². The topological polar surface area (TPSA) is 79.0 Å². The van der Waals surface area contributed by atoms with E-state index in [0.717, 1.165) is 37.4 Å². The first-order valence-electron chi connectivity index (χ1n) is 11.6. The molecule has 1 aromatic rings. The number of sulfonamides is 1. The molecule has 2 heterocycles. The molecule has 0 atom stereocenters. The monoisotopic (exact) mass is 451 g/mol. The van der Waals surface area contributed by atoms with Crippen LogP contribution in [0.15, 0.2) is 29.2 Å². The maximum atomic E-state index is 12.7. The second kappa shape index (κ2) is 11.9. The quantitative estimate of drug-likeness (QED) is 0.552. The highest BCUT2D eigenvalue weighted by atomic mass is 32.2. The molecule has 2 fully saturated rings. The van der Waals surface area contributed by atoms with Crippen LogP contribution in [0.3, 0.4) is 0 Å². The maximum absolute atomic E-state index is 12.7. The summed E-state index contributed by atoms with van der Waals surface area (Å²) in [6, 6.07) is 6.89. The van der Waals surface area contributed by atoms with E-state index in [4.69, 9.17) is 4.74 Å². The Hall–Kier alpha value is -1.48. The number of hydrogen-bond acceptors (Lipinski definition) is 5. The van der Waals surface area contributed by atoms with Gasteiger partial charge in [-0.2, -0.15) is 4.31 Å². The number of carbonyl (C=O) groups excluding carboxylic acids is 1. The maximum Gasteiger partial charge on any atom is 0.243 e. The molecule has 0 aromatic heterocycles. The van der Waals surface area contributed by atoms with Gasteiger partial charge in [-0.05, 0) is 75.4 Å². The lowest BCUT2D eigenvalue weighted by Gasteiger charge is -2.30. The van der Waals surface area contributed by atoms with E-state index in [2.05, 4.69) is 17.1 Å². The zero-order valence-electron chi connectivity index (χ0n) is 18.7. The number of likely N-dealkylation sites (tertiary alicyclic amines) is 1. The Balaban J connectivity index is 1.32. The van der Waals surface area contributed by atoms with Gasteiger partial charge in [0.2, 0.25) is 15.9 Å². The number of nitrogens with one attached hydrogen (secondary N) is 1. The summed E-state index contributed by atoms with van der Waals surface area (Å²) >= 11 is 0. The molecule has 174 valence electrons. The molecule has 1 aromatic carbocycles. The molecular formula is C23H37N3O4S. The van der Waals surface area contributed by atoms with Crippen LogP contribution in [-0.4, -0.2) is 76.0 Å². The van der Waals surface area contributed by atoms with E-state index in [9.17, 15) is 13.2 Å². The Kier molecular flexibility index (Phi) is 9.31. The second-order valence-electron chi connectivity index (χ2n) is 8.74. The zero-order chi connectivity index (χ0) is 22.1. The fourth-order valence-corrected chi connectivity index (χ4v) is 5.49. The van der Waals surface area contributed by atoms with Gasteiger partial charge in [0.1, 0.15) is 0 Å². The van der Waals surface area contributed by atoms with Crippen molar-refractivity contribution in [1.82, 2.24) is 14.5 Å². The van der Waals surface area contributed by atoms with Crippen LogP contribution in [0.25, 0.3) is 0 Å². The highest BCUT2D eigenvalue weighted by molar-refractivity contribution is 7.89. The largest absolute Gasteiger partial charge is 0.379 e. The number of morpholine rings is 1. The molecule has 2 aliphatic heterocycles. The lowest BCUT2D eigenvalue weighted by atomic mass is 9.99. The fourth-order valence-electron chi connectivity index (χ4n) is 4.08. The van der Waals surface area contributed by atoms with Gasteiger partial charge in [-0.1, -0.05) is 19.1 Å². The predicted molar refractivity (Wildman–Crippen MR) is 121 cm³/mol. The van der Waals surface area contributed by atoms with Crippen molar-refractivity contribution in [3.8, 4) is 0 Å². The van der Waals surface area contributed by atoms with Crippen molar-refractivity contribution in [1.29, 1.82) is 0 Å². The number of rotatable bonds is 10. The molecule has 0 unspecified atom stereocenters. The SMILES string of the molecule is CC1CCN(CCCCNC(=O)CCc2ccc(S(=O)(=O)N3CCOCC3)cc2)CC1. The first-order valence-corrected chi connectivity index (χ1v) is 13.0. The first-order chi connectivity index (χ1) is 14.9. The number of amides is 1. The van der Waals surface area contributed by atoms with Crippen LogP contribution < -0.4 is 5.32 Å². The second-order valence-corrected chi connectivity index (χ2v) is 10.7. The van der Waals surface area contributed by atoms with E-state index in [1.54, 1.807) is 24.3 Å². The van der Waals surface area contributed by atoms with Crippen molar-refractivity contribution in [2.45, 2.75) is 50.3 Å². The van der Waals surface area contributed by atoms with Gasteiger partial charge < -0.3 is 15.0 Å². The van der Waals surface area contributed by atoms with Crippen LogP contribution in [0, 0.1) is 5.92 Å². The Morgan fingerprint density at radius 2 is 1.74 bits per heavy atom. The third kappa shape index (κ3) is 7.56. The zero-order valence-corrected chi connectivity index (χ0v) is 19.5. The van der Waals surface area contributed by atoms with Crippen molar-refractivity contribution < 1.29 is 17.9 Å². The summed E-state index contributed by atoms with van der Waals surface area (Å²) in [5.74, 6) is 0.915. The van der Waals surface area contributed by atoms with Crippen molar-refractivity contribution in [3.63, 3.8) is 0 Å². The van der Waals surface area contributed by atoms with E-state index in [-0.39, 0.29) is 5.91 Å². The number of unbranched alkanes of at least 4 members (excludes halogenated alkanes) is 1. The minimum atomic E-state index is -3.47. The summed E-state index contributed by atoms with van der Waals surface area (Å²) in [4.78, 5) is 14.9. The highest BCUT2D eigenvalue weighted by Crippen LogP contribution is 2.18. The summed E-state index contributed by atoms with van der Waals surface area (Å²) in [7, 11) is -3.47. The van der Waals surface area contributed by atoms with Crippen LogP contribution >= 0.6 is 0 Å². The third-order valence-corrected chi connectivity index (χ3v) is 8.18. The average Bonchev–Trinajstić information content (AvgIpc) is 2.79. The molecule has 0 bridgehead atoms. The summed E-state index contributed by atoms with van der Waals surface area (Å²) in [5.41, 5.74) is 0.968. The summed E-state index contributed by atoms with van der Waals surface area (Å²) in [6.07, 6.45) is 5.75. The normalized spacial score (nSPS) is 19.4. The molecule has 0 radical (unpaired) electrons. The third-order valence-electron chi connectivity index (χ3n) is 6.27. The number of piperidine rings is 1. The number of aryl methyl sites for hydroxylation is 1.